The number of aryl methyl sites for hydroxylation is 1. The lowest BCUT2D eigenvalue weighted by Crippen LogP contribution is -2.61. The monoisotopic (exact) mass is 305 g/mol. The van der Waals surface area contributed by atoms with E-state index in [9.17, 15) is 9.59 Å². The first kappa shape index (κ1) is 15.1. The van der Waals surface area contributed by atoms with Gasteiger partial charge in [0.15, 0.2) is 0 Å². The molecule has 1 aromatic heterocycles. The summed E-state index contributed by atoms with van der Waals surface area (Å²) >= 11 is 0. The topological polar surface area (TPSA) is 77.6 Å². The van der Waals surface area contributed by atoms with Crippen LogP contribution in [0.4, 0.5) is 0 Å². The van der Waals surface area contributed by atoms with Gasteiger partial charge in [-0.15, -0.1) is 0 Å². The van der Waals surface area contributed by atoms with Crippen molar-refractivity contribution in [3.05, 3.63) is 24.0 Å². The summed E-state index contributed by atoms with van der Waals surface area (Å²) in [5.74, 6) is -0.508. The molecule has 1 unspecified atom stereocenters. The molecule has 2 aliphatic heterocycles. The highest BCUT2D eigenvalue weighted by Crippen LogP contribution is 2.44. The van der Waals surface area contributed by atoms with Crippen molar-refractivity contribution in [2.24, 2.45) is 18.2 Å². The number of nitrogens with zero attached hydrogens (tertiary/aromatic N) is 2. The van der Waals surface area contributed by atoms with Crippen molar-refractivity contribution in [1.82, 2.24) is 9.47 Å². The molecule has 0 radical (unpaired) electrons. The molecule has 6 heteroatoms. The average Bonchev–Trinajstić information content (AvgIpc) is 2.93. The first-order valence-corrected chi connectivity index (χ1v) is 7.84. The van der Waals surface area contributed by atoms with E-state index in [1.807, 2.05) is 19.3 Å². The summed E-state index contributed by atoms with van der Waals surface area (Å²) in [6.45, 7) is 1.85. The van der Waals surface area contributed by atoms with Crippen LogP contribution in [-0.4, -0.2) is 47.1 Å². The number of carbonyl (C=O) groups excluding carboxylic acids is 2. The van der Waals surface area contributed by atoms with Gasteiger partial charge in [0.1, 0.15) is 11.7 Å². The van der Waals surface area contributed by atoms with Crippen LogP contribution >= 0.6 is 0 Å². The minimum Gasteiger partial charge on any atom is -0.381 e. The Morgan fingerprint density at radius 1 is 1.32 bits per heavy atom. The molecule has 6 nitrogen and oxygen atoms in total. The zero-order valence-electron chi connectivity index (χ0n) is 13.0. The van der Waals surface area contributed by atoms with E-state index in [0.717, 1.165) is 25.7 Å². The Kier molecular flexibility index (Phi) is 3.95. The van der Waals surface area contributed by atoms with Gasteiger partial charge in [0.2, 0.25) is 5.91 Å². The molecule has 2 N–H and O–H groups in total. The van der Waals surface area contributed by atoms with Crippen molar-refractivity contribution in [2.75, 3.05) is 19.8 Å². The first-order valence-electron chi connectivity index (χ1n) is 7.84. The molecule has 0 aromatic carbocycles. The molecule has 2 fully saturated rings. The van der Waals surface area contributed by atoms with Crippen molar-refractivity contribution in [3.63, 3.8) is 0 Å². The van der Waals surface area contributed by atoms with Crippen LogP contribution in [0.2, 0.25) is 0 Å². The Balaban J connectivity index is 1.94. The van der Waals surface area contributed by atoms with Gasteiger partial charge in [-0.1, -0.05) is 0 Å². The van der Waals surface area contributed by atoms with Gasteiger partial charge < -0.3 is 19.9 Å². The SMILES string of the molecule is Cn1cccc1C(=O)N1CCCC2(CCOCC2)C1C(N)=O. The quantitative estimate of drug-likeness (QED) is 0.882. The molecule has 3 heterocycles. The Morgan fingerprint density at radius 2 is 2.05 bits per heavy atom. The lowest BCUT2D eigenvalue weighted by molar-refractivity contribution is -0.134. The van der Waals surface area contributed by atoms with E-state index in [1.165, 1.54) is 0 Å². The van der Waals surface area contributed by atoms with Gasteiger partial charge in [0.25, 0.3) is 5.91 Å². The fourth-order valence-corrected chi connectivity index (χ4v) is 4.00. The van der Waals surface area contributed by atoms with Gasteiger partial charge in [0, 0.05) is 38.4 Å². The zero-order chi connectivity index (χ0) is 15.7. The smallest absolute Gasteiger partial charge is 0.271 e. The summed E-state index contributed by atoms with van der Waals surface area (Å²) in [4.78, 5) is 26.8. The maximum absolute atomic E-state index is 12.9. The Hall–Kier alpha value is -1.82. The molecule has 120 valence electrons. The number of rotatable bonds is 2. The lowest BCUT2D eigenvalue weighted by Gasteiger charge is -2.50. The predicted molar refractivity (Wildman–Crippen MR) is 81.2 cm³/mol. The largest absolute Gasteiger partial charge is 0.381 e. The van der Waals surface area contributed by atoms with Gasteiger partial charge in [0.05, 0.1) is 0 Å². The number of hydrogen-bond donors (Lipinski definition) is 1. The van der Waals surface area contributed by atoms with E-state index >= 15 is 0 Å². The zero-order valence-corrected chi connectivity index (χ0v) is 13.0. The second-order valence-electron chi connectivity index (χ2n) is 6.39. The molecule has 1 spiro atoms. The van der Waals surface area contributed by atoms with E-state index in [0.29, 0.717) is 25.5 Å². The van der Waals surface area contributed by atoms with Crippen LogP contribution in [0.1, 0.15) is 36.2 Å². The van der Waals surface area contributed by atoms with Crippen LogP contribution in [0.5, 0.6) is 0 Å². The number of aromatic nitrogens is 1. The standard InChI is InChI=1S/C16H23N3O3/c1-18-8-2-4-12(18)15(21)19-9-3-5-16(13(19)14(17)20)6-10-22-11-7-16/h2,4,8,13H,3,5-7,9-11H2,1H3,(H2,17,20). The summed E-state index contributed by atoms with van der Waals surface area (Å²) < 4.78 is 7.24. The van der Waals surface area contributed by atoms with Gasteiger partial charge >= 0.3 is 0 Å². The fourth-order valence-electron chi connectivity index (χ4n) is 4.00. The molecular formula is C16H23N3O3. The molecular weight excluding hydrogens is 282 g/mol. The van der Waals surface area contributed by atoms with Crippen LogP contribution < -0.4 is 5.73 Å². The molecule has 0 saturated carbocycles. The molecule has 2 saturated heterocycles. The Morgan fingerprint density at radius 3 is 2.64 bits per heavy atom. The molecule has 1 aromatic rings. The van der Waals surface area contributed by atoms with Crippen LogP contribution in [-0.2, 0) is 16.6 Å². The third-order valence-electron chi connectivity index (χ3n) is 5.15. The third-order valence-corrected chi connectivity index (χ3v) is 5.15. The van der Waals surface area contributed by atoms with Crippen molar-refractivity contribution < 1.29 is 14.3 Å². The van der Waals surface area contributed by atoms with Gasteiger partial charge in [-0.25, -0.2) is 0 Å². The highest BCUT2D eigenvalue weighted by molar-refractivity contribution is 5.96. The molecule has 3 rings (SSSR count). The van der Waals surface area contributed by atoms with E-state index in [-0.39, 0.29) is 11.3 Å². The summed E-state index contributed by atoms with van der Waals surface area (Å²) in [6.07, 6.45) is 5.25. The van der Waals surface area contributed by atoms with Crippen molar-refractivity contribution in [2.45, 2.75) is 31.7 Å². The molecule has 1 atom stereocenters. The highest BCUT2D eigenvalue weighted by atomic mass is 16.5. The van der Waals surface area contributed by atoms with Gasteiger partial charge in [-0.05, 0) is 37.8 Å². The summed E-state index contributed by atoms with van der Waals surface area (Å²) in [5, 5.41) is 0. The number of ether oxygens (including phenoxy) is 1. The second kappa shape index (κ2) is 5.76. The van der Waals surface area contributed by atoms with Crippen molar-refractivity contribution in [3.8, 4) is 0 Å². The third kappa shape index (κ3) is 2.41. The van der Waals surface area contributed by atoms with Gasteiger partial charge in [-0.3, -0.25) is 9.59 Å². The Labute approximate surface area is 130 Å². The average molecular weight is 305 g/mol. The highest BCUT2D eigenvalue weighted by Gasteiger charge is 2.50. The molecule has 2 amide bonds. The van der Waals surface area contributed by atoms with Gasteiger partial charge in [-0.2, -0.15) is 0 Å². The van der Waals surface area contributed by atoms with E-state index in [2.05, 4.69) is 0 Å². The molecule has 22 heavy (non-hydrogen) atoms. The summed E-state index contributed by atoms with van der Waals surface area (Å²) in [7, 11) is 1.83. The number of hydrogen-bond acceptors (Lipinski definition) is 3. The van der Waals surface area contributed by atoms with Crippen LogP contribution in [0, 0.1) is 5.41 Å². The van der Waals surface area contributed by atoms with Crippen molar-refractivity contribution >= 4 is 11.8 Å². The lowest BCUT2D eigenvalue weighted by atomic mass is 9.67. The second-order valence-corrected chi connectivity index (χ2v) is 6.39. The molecule has 0 bridgehead atoms. The predicted octanol–water partition coefficient (Wildman–Crippen LogP) is 0.912. The summed E-state index contributed by atoms with van der Waals surface area (Å²) in [5.41, 5.74) is 6.09. The number of amides is 2. The number of nitrogens with two attached hydrogens (primary N) is 1. The van der Waals surface area contributed by atoms with E-state index < -0.39 is 11.9 Å². The van der Waals surface area contributed by atoms with E-state index in [4.69, 9.17) is 10.5 Å². The maximum atomic E-state index is 12.9. The maximum Gasteiger partial charge on any atom is 0.271 e. The van der Waals surface area contributed by atoms with E-state index in [1.54, 1.807) is 15.5 Å². The Bertz CT molecular complexity index is 569. The molecule has 2 aliphatic rings. The summed E-state index contributed by atoms with van der Waals surface area (Å²) in [6, 6.07) is 3.08. The van der Waals surface area contributed by atoms with Crippen LogP contribution in [0.25, 0.3) is 0 Å². The van der Waals surface area contributed by atoms with Crippen LogP contribution in [0.3, 0.4) is 0 Å². The minimum atomic E-state index is -0.535. The first-order chi connectivity index (χ1) is 10.6. The number of primary amides is 1. The molecule has 0 aliphatic carbocycles. The number of carbonyl (C=O) groups is 2. The van der Waals surface area contributed by atoms with Crippen molar-refractivity contribution in [1.29, 1.82) is 0 Å². The van der Waals surface area contributed by atoms with Crippen LogP contribution in [0.15, 0.2) is 18.3 Å². The number of piperidine rings is 1. The fraction of sp³-hybridized carbons (Fsp3) is 0.625. The normalized spacial score (nSPS) is 24.4. The number of likely N-dealkylation sites (tertiary alicyclic amines) is 1. The minimum absolute atomic E-state index is 0.109.